The number of piperidine rings is 1. The summed E-state index contributed by atoms with van der Waals surface area (Å²) in [6, 6.07) is 6.40. The third-order valence-electron chi connectivity index (χ3n) is 4.48. The third-order valence-corrected chi connectivity index (χ3v) is 4.48. The minimum absolute atomic E-state index is 0.499. The first-order valence-corrected chi connectivity index (χ1v) is 7.54. The molecule has 1 aromatic rings. The Labute approximate surface area is 117 Å². The second-order valence-corrected chi connectivity index (χ2v) is 6.11. The highest BCUT2D eigenvalue weighted by Crippen LogP contribution is 2.29. The number of nitrogens with zero attached hydrogens (tertiary/aromatic N) is 1. The molecule has 1 heterocycles. The van der Waals surface area contributed by atoms with Crippen molar-refractivity contribution in [3.63, 3.8) is 0 Å². The van der Waals surface area contributed by atoms with Gasteiger partial charge in [-0.2, -0.15) is 0 Å². The first-order valence-electron chi connectivity index (χ1n) is 7.54. The summed E-state index contributed by atoms with van der Waals surface area (Å²) in [6.45, 7) is 9.76. The molecule has 1 saturated heterocycles. The van der Waals surface area contributed by atoms with Crippen LogP contribution in [-0.2, 0) is 6.42 Å². The van der Waals surface area contributed by atoms with E-state index in [0.29, 0.717) is 0 Å². The molecule has 0 saturated carbocycles. The maximum Gasteiger partial charge on any atom is 0.0712 e. The van der Waals surface area contributed by atoms with Gasteiger partial charge in [0, 0.05) is 19.5 Å². The summed E-state index contributed by atoms with van der Waals surface area (Å²) >= 11 is 0. The maximum absolute atomic E-state index is 10.8. The molecule has 106 valence electrons. The SMILES string of the molecule is CCCN1CCC(O)(Cc2c(C)cccc2C)CC1. The van der Waals surface area contributed by atoms with Crippen molar-refractivity contribution in [2.75, 3.05) is 19.6 Å². The van der Waals surface area contributed by atoms with Gasteiger partial charge in [0.2, 0.25) is 0 Å². The van der Waals surface area contributed by atoms with Crippen LogP contribution in [0.25, 0.3) is 0 Å². The van der Waals surface area contributed by atoms with Crippen LogP contribution in [0.5, 0.6) is 0 Å². The molecule has 1 aliphatic heterocycles. The second kappa shape index (κ2) is 6.06. The van der Waals surface area contributed by atoms with Crippen molar-refractivity contribution in [3.8, 4) is 0 Å². The fraction of sp³-hybridized carbons (Fsp3) is 0.647. The quantitative estimate of drug-likeness (QED) is 0.900. The van der Waals surface area contributed by atoms with Crippen LogP contribution in [0.2, 0.25) is 0 Å². The molecule has 1 aliphatic rings. The van der Waals surface area contributed by atoms with Gasteiger partial charge in [0.05, 0.1) is 5.60 Å². The van der Waals surface area contributed by atoms with Gasteiger partial charge in [-0.25, -0.2) is 0 Å². The molecule has 0 aromatic heterocycles. The molecule has 1 N–H and O–H groups in total. The van der Waals surface area contributed by atoms with Gasteiger partial charge in [0.15, 0.2) is 0 Å². The average molecular weight is 261 g/mol. The van der Waals surface area contributed by atoms with Crippen molar-refractivity contribution in [1.82, 2.24) is 4.90 Å². The maximum atomic E-state index is 10.8. The molecule has 0 spiro atoms. The lowest BCUT2D eigenvalue weighted by Crippen LogP contribution is -2.46. The van der Waals surface area contributed by atoms with Crippen LogP contribution in [0.1, 0.15) is 42.9 Å². The molecule has 0 atom stereocenters. The van der Waals surface area contributed by atoms with Crippen LogP contribution in [0.15, 0.2) is 18.2 Å². The number of aliphatic hydroxyl groups is 1. The summed E-state index contributed by atoms with van der Waals surface area (Å²) in [6.07, 6.45) is 3.82. The molecule has 1 fully saturated rings. The van der Waals surface area contributed by atoms with Gasteiger partial charge in [-0.15, -0.1) is 0 Å². The van der Waals surface area contributed by atoms with E-state index < -0.39 is 5.60 Å². The molecule has 0 amide bonds. The van der Waals surface area contributed by atoms with Gasteiger partial charge in [0.25, 0.3) is 0 Å². The van der Waals surface area contributed by atoms with E-state index in [2.05, 4.69) is 43.9 Å². The zero-order valence-electron chi connectivity index (χ0n) is 12.6. The summed E-state index contributed by atoms with van der Waals surface area (Å²) in [4.78, 5) is 2.47. The van der Waals surface area contributed by atoms with Crippen LogP contribution < -0.4 is 0 Å². The molecule has 2 nitrogen and oxygen atoms in total. The van der Waals surface area contributed by atoms with Gasteiger partial charge in [-0.1, -0.05) is 25.1 Å². The minimum Gasteiger partial charge on any atom is -0.389 e. The van der Waals surface area contributed by atoms with Gasteiger partial charge in [-0.05, 0) is 56.3 Å². The topological polar surface area (TPSA) is 23.5 Å². The zero-order chi connectivity index (χ0) is 13.9. The molecule has 1 aromatic carbocycles. The van der Waals surface area contributed by atoms with Crippen molar-refractivity contribution in [3.05, 3.63) is 34.9 Å². The Hall–Kier alpha value is -0.860. The van der Waals surface area contributed by atoms with Gasteiger partial charge in [0.1, 0.15) is 0 Å². The zero-order valence-corrected chi connectivity index (χ0v) is 12.6. The Balaban J connectivity index is 2.03. The Morgan fingerprint density at radius 2 is 1.74 bits per heavy atom. The van der Waals surface area contributed by atoms with Crippen molar-refractivity contribution in [1.29, 1.82) is 0 Å². The van der Waals surface area contributed by atoms with Crippen LogP contribution >= 0.6 is 0 Å². The van der Waals surface area contributed by atoms with E-state index in [4.69, 9.17) is 0 Å². The van der Waals surface area contributed by atoms with Crippen molar-refractivity contribution in [2.24, 2.45) is 0 Å². The van der Waals surface area contributed by atoms with E-state index in [1.54, 1.807) is 0 Å². The standard InChI is InChI=1S/C17H27NO/c1-4-10-18-11-8-17(19,9-12-18)13-16-14(2)6-5-7-15(16)3/h5-7,19H,4,8-13H2,1-3H3. The lowest BCUT2D eigenvalue weighted by atomic mass is 9.83. The highest BCUT2D eigenvalue weighted by molar-refractivity contribution is 5.34. The van der Waals surface area contributed by atoms with Crippen molar-refractivity contribution >= 4 is 0 Å². The van der Waals surface area contributed by atoms with Crippen molar-refractivity contribution < 1.29 is 5.11 Å². The molecule has 0 aliphatic carbocycles. The smallest absolute Gasteiger partial charge is 0.0712 e. The van der Waals surface area contributed by atoms with E-state index in [0.717, 1.165) is 32.4 Å². The van der Waals surface area contributed by atoms with E-state index >= 15 is 0 Å². The van der Waals surface area contributed by atoms with Gasteiger partial charge >= 0.3 is 0 Å². The van der Waals surface area contributed by atoms with Crippen LogP contribution in [0, 0.1) is 13.8 Å². The first kappa shape index (κ1) is 14.5. The second-order valence-electron chi connectivity index (χ2n) is 6.11. The number of likely N-dealkylation sites (tertiary alicyclic amines) is 1. The summed E-state index contributed by atoms with van der Waals surface area (Å²) in [7, 11) is 0. The fourth-order valence-corrected chi connectivity index (χ4v) is 3.14. The molecule has 0 unspecified atom stereocenters. The van der Waals surface area contributed by atoms with Gasteiger partial charge < -0.3 is 10.0 Å². The number of aryl methyl sites for hydroxylation is 2. The lowest BCUT2D eigenvalue weighted by Gasteiger charge is -2.38. The number of rotatable bonds is 4. The minimum atomic E-state index is -0.499. The van der Waals surface area contributed by atoms with E-state index in [9.17, 15) is 5.11 Å². The molecule has 0 bridgehead atoms. The van der Waals surface area contributed by atoms with E-state index in [-0.39, 0.29) is 0 Å². The third kappa shape index (κ3) is 3.58. The van der Waals surface area contributed by atoms with Crippen LogP contribution in [-0.4, -0.2) is 35.2 Å². The average Bonchev–Trinajstić information content (AvgIpc) is 2.38. The first-order chi connectivity index (χ1) is 9.04. The van der Waals surface area contributed by atoms with Gasteiger partial charge in [-0.3, -0.25) is 0 Å². The Morgan fingerprint density at radius 3 is 2.26 bits per heavy atom. The summed E-state index contributed by atoms with van der Waals surface area (Å²) in [5, 5.41) is 10.8. The molecule has 2 rings (SSSR count). The number of hydrogen-bond donors (Lipinski definition) is 1. The Bertz CT molecular complexity index is 399. The molecule has 2 heteroatoms. The summed E-state index contributed by atoms with van der Waals surface area (Å²) in [5.41, 5.74) is 3.46. The number of hydrogen-bond acceptors (Lipinski definition) is 2. The van der Waals surface area contributed by atoms with E-state index in [1.165, 1.54) is 29.7 Å². The molecule has 19 heavy (non-hydrogen) atoms. The summed E-state index contributed by atoms with van der Waals surface area (Å²) in [5.74, 6) is 0. The predicted octanol–water partition coefficient (Wildman–Crippen LogP) is 3.08. The Morgan fingerprint density at radius 1 is 1.16 bits per heavy atom. The highest BCUT2D eigenvalue weighted by Gasteiger charge is 2.32. The Kier molecular flexibility index (Phi) is 4.64. The fourth-order valence-electron chi connectivity index (χ4n) is 3.14. The molecular weight excluding hydrogens is 234 g/mol. The van der Waals surface area contributed by atoms with E-state index in [1.807, 2.05) is 0 Å². The van der Waals surface area contributed by atoms with Crippen molar-refractivity contribution in [2.45, 2.75) is 52.1 Å². The number of benzene rings is 1. The monoisotopic (exact) mass is 261 g/mol. The lowest BCUT2D eigenvalue weighted by molar-refractivity contribution is -0.0207. The molecule has 0 radical (unpaired) electrons. The largest absolute Gasteiger partial charge is 0.389 e. The normalized spacial score (nSPS) is 19.6. The summed E-state index contributed by atoms with van der Waals surface area (Å²) < 4.78 is 0. The highest BCUT2D eigenvalue weighted by atomic mass is 16.3. The van der Waals surface area contributed by atoms with Crippen LogP contribution in [0.3, 0.4) is 0 Å². The molecular formula is C17H27NO. The van der Waals surface area contributed by atoms with Crippen LogP contribution in [0.4, 0.5) is 0 Å². The predicted molar refractivity (Wildman–Crippen MR) is 80.5 cm³/mol.